The average Bonchev–Trinajstić information content (AvgIpc) is 3.18. The second kappa shape index (κ2) is 6.49. The summed E-state index contributed by atoms with van der Waals surface area (Å²) in [7, 11) is 0. The van der Waals surface area contributed by atoms with Crippen LogP contribution >= 0.6 is 0 Å². The Morgan fingerprint density at radius 3 is 2.50 bits per heavy atom. The molecule has 0 unspecified atom stereocenters. The molecule has 4 aromatic heterocycles. The largest absolute Gasteiger partial charge is 0.383 e. The zero-order valence-corrected chi connectivity index (χ0v) is 13.7. The van der Waals surface area contributed by atoms with Gasteiger partial charge in [0.1, 0.15) is 17.5 Å². The van der Waals surface area contributed by atoms with E-state index in [0.717, 1.165) is 16.9 Å². The van der Waals surface area contributed by atoms with E-state index in [9.17, 15) is 5.26 Å². The van der Waals surface area contributed by atoms with Crippen LogP contribution in [0.5, 0.6) is 0 Å². The molecule has 0 saturated heterocycles. The van der Waals surface area contributed by atoms with Crippen LogP contribution in [0.4, 0.5) is 5.82 Å². The van der Waals surface area contributed by atoms with Gasteiger partial charge in [0, 0.05) is 35.9 Å². The van der Waals surface area contributed by atoms with Crippen LogP contribution in [0.3, 0.4) is 0 Å². The third-order valence-corrected chi connectivity index (χ3v) is 4.07. The molecule has 0 aliphatic heterocycles. The van der Waals surface area contributed by atoms with Crippen molar-refractivity contribution in [3.8, 4) is 34.3 Å². The molecule has 26 heavy (non-hydrogen) atoms. The Bertz CT molecular complexity index is 1090. The molecule has 4 rings (SSSR count). The van der Waals surface area contributed by atoms with E-state index in [4.69, 9.17) is 5.73 Å². The molecule has 0 aromatic carbocycles. The fraction of sp³-hybridized carbons (Fsp3) is 0. The Labute approximate surface area is 150 Å². The van der Waals surface area contributed by atoms with Gasteiger partial charge in [0.2, 0.25) is 0 Å². The maximum atomic E-state index is 9.62. The topological polar surface area (TPSA) is 93.4 Å². The fourth-order valence-corrected chi connectivity index (χ4v) is 2.87. The number of pyridine rings is 3. The van der Waals surface area contributed by atoms with Crippen molar-refractivity contribution in [1.82, 2.24) is 19.5 Å². The van der Waals surface area contributed by atoms with Crippen molar-refractivity contribution in [3.63, 3.8) is 0 Å². The normalized spacial score (nSPS) is 10.4. The molecule has 4 heterocycles. The van der Waals surface area contributed by atoms with E-state index in [1.54, 1.807) is 24.8 Å². The number of anilines is 1. The first-order valence-electron chi connectivity index (χ1n) is 7.97. The van der Waals surface area contributed by atoms with Gasteiger partial charge in [0.05, 0.1) is 23.3 Å². The second-order valence-electron chi connectivity index (χ2n) is 5.64. The Hall–Kier alpha value is -3.98. The summed E-state index contributed by atoms with van der Waals surface area (Å²) in [4.78, 5) is 12.7. The molecular formula is C20H14N6. The standard InChI is InChI=1S/C20H14N6/c21-11-17-16(10-18(25-20(17)22)14-4-1-7-23-12-14)19-6-3-9-26(19)15-5-2-8-24-13-15/h1-10,12-13H,(H2,22,25). The number of rotatable bonds is 3. The van der Waals surface area contributed by atoms with Gasteiger partial charge in [0.25, 0.3) is 0 Å². The third-order valence-electron chi connectivity index (χ3n) is 4.07. The minimum absolute atomic E-state index is 0.197. The van der Waals surface area contributed by atoms with E-state index >= 15 is 0 Å². The first-order chi connectivity index (χ1) is 12.8. The Kier molecular flexibility index (Phi) is 3.88. The summed E-state index contributed by atoms with van der Waals surface area (Å²) >= 11 is 0. The fourth-order valence-electron chi connectivity index (χ4n) is 2.87. The Balaban J connectivity index is 1.94. The maximum Gasteiger partial charge on any atom is 0.142 e. The summed E-state index contributed by atoms with van der Waals surface area (Å²) in [6.07, 6.45) is 8.83. The molecule has 0 spiro atoms. The third kappa shape index (κ3) is 2.68. The maximum absolute atomic E-state index is 9.62. The predicted molar refractivity (Wildman–Crippen MR) is 99.2 cm³/mol. The van der Waals surface area contributed by atoms with E-state index < -0.39 is 0 Å². The van der Waals surface area contributed by atoms with Crippen LogP contribution in [-0.4, -0.2) is 19.5 Å². The molecule has 4 aromatic rings. The van der Waals surface area contributed by atoms with Crippen LogP contribution in [0.2, 0.25) is 0 Å². The number of aromatic nitrogens is 4. The van der Waals surface area contributed by atoms with Gasteiger partial charge in [-0.2, -0.15) is 5.26 Å². The molecule has 0 saturated carbocycles. The van der Waals surface area contributed by atoms with E-state index in [0.29, 0.717) is 16.8 Å². The molecule has 0 atom stereocenters. The van der Waals surface area contributed by atoms with Gasteiger partial charge in [-0.05, 0) is 42.5 Å². The number of nitrogens with two attached hydrogens (primary N) is 1. The summed E-state index contributed by atoms with van der Waals surface area (Å²) in [6.45, 7) is 0. The highest BCUT2D eigenvalue weighted by Crippen LogP contribution is 2.32. The molecule has 0 fully saturated rings. The van der Waals surface area contributed by atoms with Gasteiger partial charge in [-0.25, -0.2) is 4.98 Å². The van der Waals surface area contributed by atoms with Crippen LogP contribution in [0.25, 0.3) is 28.2 Å². The zero-order valence-electron chi connectivity index (χ0n) is 13.7. The SMILES string of the molecule is N#Cc1c(-c2cccn2-c2cccnc2)cc(-c2cccnc2)nc1N. The van der Waals surface area contributed by atoms with Crippen molar-refractivity contribution in [3.05, 3.63) is 79.0 Å². The molecule has 6 nitrogen and oxygen atoms in total. The summed E-state index contributed by atoms with van der Waals surface area (Å²) in [5.41, 5.74) is 10.4. The molecule has 0 amide bonds. The molecule has 6 heteroatoms. The molecule has 124 valence electrons. The molecule has 0 bridgehead atoms. The quantitative estimate of drug-likeness (QED) is 0.617. The zero-order chi connectivity index (χ0) is 17.9. The molecular weight excluding hydrogens is 324 g/mol. The number of hydrogen-bond donors (Lipinski definition) is 1. The van der Waals surface area contributed by atoms with Crippen LogP contribution in [0.1, 0.15) is 5.56 Å². The van der Waals surface area contributed by atoms with Gasteiger partial charge >= 0.3 is 0 Å². The van der Waals surface area contributed by atoms with E-state index in [2.05, 4.69) is 21.0 Å². The van der Waals surface area contributed by atoms with Gasteiger partial charge in [0.15, 0.2) is 0 Å². The second-order valence-corrected chi connectivity index (χ2v) is 5.64. The summed E-state index contributed by atoms with van der Waals surface area (Å²) < 4.78 is 1.97. The van der Waals surface area contributed by atoms with Gasteiger partial charge in [-0.3, -0.25) is 9.97 Å². The van der Waals surface area contributed by atoms with Crippen molar-refractivity contribution in [2.24, 2.45) is 0 Å². The first kappa shape index (κ1) is 15.5. The highest BCUT2D eigenvalue weighted by Gasteiger charge is 2.16. The van der Waals surface area contributed by atoms with Crippen LogP contribution in [-0.2, 0) is 0 Å². The van der Waals surface area contributed by atoms with E-state index in [1.807, 2.05) is 53.2 Å². The number of nitrogens with zero attached hydrogens (tertiary/aromatic N) is 5. The first-order valence-corrected chi connectivity index (χ1v) is 7.97. The van der Waals surface area contributed by atoms with Crippen LogP contribution in [0.15, 0.2) is 73.4 Å². The Morgan fingerprint density at radius 2 is 1.81 bits per heavy atom. The highest BCUT2D eigenvalue weighted by molar-refractivity contribution is 5.79. The monoisotopic (exact) mass is 338 g/mol. The smallest absolute Gasteiger partial charge is 0.142 e. The lowest BCUT2D eigenvalue weighted by Crippen LogP contribution is -2.02. The Morgan fingerprint density at radius 1 is 1.00 bits per heavy atom. The number of nitrogen functional groups attached to an aromatic ring is 1. The number of nitriles is 1. The molecule has 2 N–H and O–H groups in total. The minimum Gasteiger partial charge on any atom is -0.383 e. The van der Waals surface area contributed by atoms with Crippen molar-refractivity contribution < 1.29 is 0 Å². The molecule has 0 aliphatic rings. The van der Waals surface area contributed by atoms with Crippen molar-refractivity contribution in [2.45, 2.75) is 0 Å². The predicted octanol–water partition coefficient (Wildman–Crippen LogP) is 3.45. The lowest BCUT2D eigenvalue weighted by Gasteiger charge is -2.13. The van der Waals surface area contributed by atoms with Crippen molar-refractivity contribution >= 4 is 5.82 Å². The minimum atomic E-state index is 0.197. The highest BCUT2D eigenvalue weighted by atomic mass is 15.0. The van der Waals surface area contributed by atoms with Gasteiger partial charge in [-0.15, -0.1) is 0 Å². The summed E-state index contributed by atoms with van der Waals surface area (Å²) in [6, 6.07) is 15.5. The van der Waals surface area contributed by atoms with E-state index in [1.165, 1.54) is 0 Å². The lowest BCUT2D eigenvalue weighted by atomic mass is 10.0. The van der Waals surface area contributed by atoms with Gasteiger partial charge < -0.3 is 10.3 Å². The summed E-state index contributed by atoms with van der Waals surface area (Å²) in [5, 5.41) is 9.62. The molecule has 0 aliphatic carbocycles. The van der Waals surface area contributed by atoms with Crippen LogP contribution in [0, 0.1) is 11.3 Å². The van der Waals surface area contributed by atoms with E-state index in [-0.39, 0.29) is 5.82 Å². The molecule has 0 radical (unpaired) electrons. The van der Waals surface area contributed by atoms with Gasteiger partial charge in [-0.1, -0.05) is 0 Å². The average molecular weight is 338 g/mol. The van der Waals surface area contributed by atoms with Crippen molar-refractivity contribution in [2.75, 3.05) is 5.73 Å². The summed E-state index contributed by atoms with van der Waals surface area (Å²) in [5.74, 6) is 0.197. The van der Waals surface area contributed by atoms with Crippen molar-refractivity contribution in [1.29, 1.82) is 5.26 Å². The number of hydrogen-bond acceptors (Lipinski definition) is 5. The lowest BCUT2D eigenvalue weighted by molar-refractivity contribution is 1.06. The van der Waals surface area contributed by atoms with Crippen LogP contribution < -0.4 is 5.73 Å².